The van der Waals surface area contributed by atoms with E-state index in [0.29, 0.717) is 5.92 Å². The summed E-state index contributed by atoms with van der Waals surface area (Å²) in [6, 6.07) is 11.6. The number of methoxy groups -OCH3 is 2. The summed E-state index contributed by atoms with van der Waals surface area (Å²) in [6.45, 7) is 4.40. The molecule has 0 fully saturated rings. The van der Waals surface area contributed by atoms with Gasteiger partial charge in [-0.05, 0) is 53.8 Å². The maximum absolute atomic E-state index is 9.57. The number of ether oxygens (including phenoxy) is 2. The van der Waals surface area contributed by atoms with Crippen LogP contribution >= 0.6 is 0 Å². The van der Waals surface area contributed by atoms with Crippen LogP contribution in [0.25, 0.3) is 6.08 Å². The SMILES string of the molecule is COc1cc2c(cc1OC)C(c1ccc(O)cc1)C(C)C(C)=C2. The van der Waals surface area contributed by atoms with Gasteiger partial charge in [0.05, 0.1) is 14.2 Å². The van der Waals surface area contributed by atoms with E-state index >= 15 is 0 Å². The lowest BCUT2D eigenvalue weighted by Gasteiger charge is -2.32. The molecule has 23 heavy (non-hydrogen) atoms. The molecular weight excluding hydrogens is 288 g/mol. The average Bonchev–Trinajstić information content (AvgIpc) is 2.56. The summed E-state index contributed by atoms with van der Waals surface area (Å²) in [7, 11) is 3.32. The van der Waals surface area contributed by atoms with E-state index < -0.39 is 0 Å². The van der Waals surface area contributed by atoms with Crippen molar-refractivity contribution in [2.75, 3.05) is 14.2 Å². The molecule has 0 saturated carbocycles. The Kier molecular flexibility index (Phi) is 4.03. The van der Waals surface area contributed by atoms with E-state index in [1.807, 2.05) is 18.2 Å². The van der Waals surface area contributed by atoms with Crippen molar-refractivity contribution >= 4 is 6.08 Å². The van der Waals surface area contributed by atoms with Crippen LogP contribution in [0, 0.1) is 5.92 Å². The van der Waals surface area contributed by atoms with Crippen LogP contribution in [0.1, 0.15) is 36.5 Å². The Labute approximate surface area is 137 Å². The Morgan fingerprint density at radius 1 is 0.957 bits per heavy atom. The van der Waals surface area contributed by atoms with Crippen molar-refractivity contribution in [1.29, 1.82) is 0 Å². The molecule has 0 radical (unpaired) electrons. The van der Waals surface area contributed by atoms with Crippen molar-refractivity contribution in [2.24, 2.45) is 5.92 Å². The second kappa shape index (κ2) is 5.99. The highest BCUT2D eigenvalue weighted by molar-refractivity contribution is 5.67. The molecule has 0 bridgehead atoms. The summed E-state index contributed by atoms with van der Waals surface area (Å²) < 4.78 is 10.9. The molecule has 2 aromatic rings. The molecule has 2 atom stereocenters. The lowest BCUT2D eigenvalue weighted by molar-refractivity contribution is 0.354. The van der Waals surface area contributed by atoms with E-state index in [2.05, 4.69) is 26.0 Å². The summed E-state index contributed by atoms with van der Waals surface area (Å²) >= 11 is 0. The van der Waals surface area contributed by atoms with E-state index in [-0.39, 0.29) is 11.7 Å². The molecule has 3 nitrogen and oxygen atoms in total. The van der Waals surface area contributed by atoms with E-state index in [0.717, 1.165) is 17.1 Å². The minimum Gasteiger partial charge on any atom is -0.508 e. The Morgan fingerprint density at radius 3 is 2.17 bits per heavy atom. The molecule has 0 saturated heterocycles. The lowest BCUT2D eigenvalue weighted by atomic mass is 9.73. The number of rotatable bonds is 3. The quantitative estimate of drug-likeness (QED) is 0.901. The molecule has 3 heteroatoms. The van der Waals surface area contributed by atoms with Crippen LogP contribution in [0.3, 0.4) is 0 Å². The highest BCUT2D eigenvalue weighted by Gasteiger charge is 2.29. The Hall–Kier alpha value is -2.42. The van der Waals surface area contributed by atoms with Gasteiger partial charge in [-0.25, -0.2) is 0 Å². The van der Waals surface area contributed by atoms with Gasteiger partial charge in [-0.15, -0.1) is 0 Å². The first-order chi connectivity index (χ1) is 11.0. The smallest absolute Gasteiger partial charge is 0.161 e. The number of hydrogen-bond donors (Lipinski definition) is 1. The van der Waals surface area contributed by atoms with E-state index in [1.54, 1.807) is 26.4 Å². The second-order valence-corrected chi connectivity index (χ2v) is 6.08. The van der Waals surface area contributed by atoms with Crippen molar-refractivity contribution in [2.45, 2.75) is 19.8 Å². The molecule has 120 valence electrons. The van der Waals surface area contributed by atoms with Crippen molar-refractivity contribution in [3.8, 4) is 17.2 Å². The molecule has 0 heterocycles. The molecule has 1 N–H and O–H groups in total. The van der Waals surface area contributed by atoms with E-state index in [1.165, 1.54) is 16.7 Å². The third-order valence-electron chi connectivity index (χ3n) is 4.78. The lowest BCUT2D eigenvalue weighted by Crippen LogP contribution is -2.17. The zero-order valence-electron chi connectivity index (χ0n) is 14.0. The topological polar surface area (TPSA) is 38.7 Å². The predicted octanol–water partition coefficient (Wildman–Crippen LogP) is 4.59. The Bertz CT molecular complexity index is 744. The Morgan fingerprint density at radius 2 is 1.57 bits per heavy atom. The molecule has 0 aromatic heterocycles. The number of phenolic OH excluding ortho intramolecular Hbond substituents is 1. The number of aromatic hydroxyl groups is 1. The average molecular weight is 310 g/mol. The first-order valence-corrected chi connectivity index (χ1v) is 7.78. The van der Waals surface area contributed by atoms with Crippen LogP contribution in [0.4, 0.5) is 0 Å². The maximum atomic E-state index is 9.57. The monoisotopic (exact) mass is 310 g/mol. The van der Waals surface area contributed by atoms with Gasteiger partial charge in [0.1, 0.15) is 5.75 Å². The number of fused-ring (bicyclic) bond motifs is 1. The van der Waals surface area contributed by atoms with Gasteiger partial charge >= 0.3 is 0 Å². The minimum absolute atomic E-state index is 0.232. The van der Waals surface area contributed by atoms with Crippen LogP contribution in [-0.4, -0.2) is 19.3 Å². The summed E-state index contributed by atoms with van der Waals surface area (Å²) in [5.41, 5.74) is 4.92. The maximum Gasteiger partial charge on any atom is 0.161 e. The van der Waals surface area contributed by atoms with Crippen molar-refractivity contribution in [1.82, 2.24) is 0 Å². The fourth-order valence-electron chi connectivity index (χ4n) is 3.36. The minimum atomic E-state index is 0.232. The number of phenols is 1. The molecule has 2 aromatic carbocycles. The van der Waals surface area contributed by atoms with Gasteiger partial charge in [0, 0.05) is 5.92 Å². The first-order valence-electron chi connectivity index (χ1n) is 7.78. The van der Waals surface area contributed by atoms with E-state index in [4.69, 9.17) is 9.47 Å². The van der Waals surface area contributed by atoms with Crippen LogP contribution in [-0.2, 0) is 0 Å². The standard InChI is InChI=1S/C20H22O3/c1-12-9-15-10-18(22-3)19(23-4)11-17(15)20(13(12)2)14-5-7-16(21)8-6-14/h5-11,13,20-21H,1-4H3. The third-order valence-corrected chi connectivity index (χ3v) is 4.78. The number of benzene rings is 2. The number of hydrogen-bond acceptors (Lipinski definition) is 3. The van der Waals surface area contributed by atoms with Gasteiger partial charge in [0.2, 0.25) is 0 Å². The normalized spacial score (nSPS) is 19.7. The molecular formula is C20H22O3. The van der Waals surface area contributed by atoms with Gasteiger partial charge < -0.3 is 14.6 Å². The van der Waals surface area contributed by atoms with Crippen LogP contribution in [0.2, 0.25) is 0 Å². The van der Waals surface area contributed by atoms with Gasteiger partial charge in [0.25, 0.3) is 0 Å². The Balaban J connectivity index is 2.19. The third kappa shape index (κ3) is 2.67. The van der Waals surface area contributed by atoms with Crippen molar-refractivity contribution < 1.29 is 14.6 Å². The molecule has 3 rings (SSSR count). The molecule has 0 aliphatic heterocycles. The summed E-state index contributed by atoms with van der Waals surface area (Å²) in [5.74, 6) is 2.39. The van der Waals surface area contributed by atoms with Gasteiger partial charge in [0.15, 0.2) is 11.5 Å². The molecule has 1 aliphatic rings. The zero-order valence-corrected chi connectivity index (χ0v) is 14.0. The van der Waals surface area contributed by atoms with Crippen LogP contribution < -0.4 is 9.47 Å². The summed E-state index contributed by atoms with van der Waals surface area (Å²) in [5, 5.41) is 9.57. The van der Waals surface area contributed by atoms with E-state index in [9.17, 15) is 5.11 Å². The van der Waals surface area contributed by atoms with Gasteiger partial charge in [-0.2, -0.15) is 0 Å². The highest BCUT2D eigenvalue weighted by atomic mass is 16.5. The number of allylic oxidation sites excluding steroid dienone is 1. The summed E-state index contributed by atoms with van der Waals surface area (Å²) in [6.07, 6.45) is 2.22. The van der Waals surface area contributed by atoms with Crippen molar-refractivity contribution in [3.63, 3.8) is 0 Å². The molecule has 2 unspecified atom stereocenters. The largest absolute Gasteiger partial charge is 0.508 e. The molecule has 0 amide bonds. The zero-order chi connectivity index (χ0) is 16.6. The fourth-order valence-corrected chi connectivity index (χ4v) is 3.36. The van der Waals surface area contributed by atoms with Gasteiger partial charge in [-0.1, -0.05) is 30.7 Å². The van der Waals surface area contributed by atoms with Crippen LogP contribution in [0.5, 0.6) is 17.2 Å². The van der Waals surface area contributed by atoms with Gasteiger partial charge in [-0.3, -0.25) is 0 Å². The fraction of sp³-hybridized carbons (Fsp3) is 0.300. The van der Waals surface area contributed by atoms with Crippen molar-refractivity contribution in [3.05, 3.63) is 58.7 Å². The van der Waals surface area contributed by atoms with Crippen LogP contribution in [0.15, 0.2) is 42.0 Å². The molecule has 1 aliphatic carbocycles. The highest BCUT2D eigenvalue weighted by Crippen LogP contribution is 2.46. The first kappa shape index (κ1) is 15.5. The predicted molar refractivity (Wildman–Crippen MR) is 92.3 cm³/mol. The molecule has 0 spiro atoms. The summed E-state index contributed by atoms with van der Waals surface area (Å²) in [4.78, 5) is 0. The second-order valence-electron chi connectivity index (χ2n) is 6.08.